The maximum absolute atomic E-state index is 11.6. The van der Waals surface area contributed by atoms with Gasteiger partial charge in [-0.25, -0.2) is 0 Å². The fourth-order valence-electron chi connectivity index (χ4n) is 0.681. The maximum atomic E-state index is 11.6. The molecular weight excluding hydrogens is 157 g/mol. The number of aliphatic hydroxyl groups is 1. The Balaban J connectivity index is 3.89. The second-order valence-electron chi connectivity index (χ2n) is 2.63. The SMILES string of the molecule is CC(C)=CC(O)CC(F)(F)F. The number of alkyl halides is 3. The van der Waals surface area contributed by atoms with Gasteiger partial charge in [-0.15, -0.1) is 0 Å². The molecule has 0 fully saturated rings. The van der Waals surface area contributed by atoms with Crippen molar-refractivity contribution < 1.29 is 18.3 Å². The fraction of sp³-hybridized carbons (Fsp3) is 0.714. The largest absolute Gasteiger partial charge is 0.391 e. The summed E-state index contributed by atoms with van der Waals surface area (Å²) in [5, 5.41) is 8.76. The van der Waals surface area contributed by atoms with Gasteiger partial charge in [0.05, 0.1) is 12.5 Å². The van der Waals surface area contributed by atoms with Crippen molar-refractivity contribution in [1.82, 2.24) is 0 Å². The van der Waals surface area contributed by atoms with Gasteiger partial charge in [-0.1, -0.05) is 11.6 Å². The van der Waals surface area contributed by atoms with Gasteiger partial charge in [-0.2, -0.15) is 13.2 Å². The van der Waals surface area contributed by atoms with E-state index < -0.39 is 18.7 Å². The predicted molar refractivity (Wildman–Crippen MR) is 36.1 cm³/mol. The molecule has 0 aromatic rings. The zero-order valence-electron chi connectivity index (χ0n) is 6.44. The van der Waals surface area contributed by atoms with E-state index in [0.717, 1.165) is 0 Å². The molecule has 0 aliphatic rings. The Morgan fingerprint density at radius 1 is 1.45 bits per heavy atom. The van der Waals surface area contributed by atoms with E-state index in [4.69, 9.17) is 5.11 Å². The first kappa shape index (κ1) is 10.5. The van der Waals surface area contributed by atoms with Gasteiger partial charge >= 0.3 is 6.18 Å². The lowest BCUT2D eigenvalue weighted by Crippen LogP contribution is -2.17. The molecule has 1 unspecified atom stereocenters. The quantitative estimate of drug-likeness (QED) is 0.627. The summed E-state index contributed by atoms with van der Waals surface area (Å²) in [7, 11) is 0. The lowest BCUT2D eigenvalue weighted by Gasteiger charge is -2.09. The van der Waals surface area contributed by atoms with Gasteiger partial charge in [-0.05, 0) is 13.8 Å². The highest BCUT2D eigenvalue weighted by molar-refractivity contribution is 4.98. The summed E-state index contributed by atoms with van der Waals surface area (Å²) in [6, 6.07) is 0. The maximum Gasteiger partial charge on any atom is 0.391 e. The van der Waals surface area contributed by atoms with Crippen molar-refractivity contribution in [3.63, 3.8) is 0 Å². The molecule has 0 bridgehead atoms. The molecule has 1 atom stereocenters. The zero-order valence-corrected chi connectivity index (χ0v) is 6.44. The van der Waals surface area contributed by atoms with Crippen LogP contribution in [0.4, 0.5) is 13.2 Å². The number of hydrogen-bond acceptors (Lipinski definition) is 1. The highest BCUT2D eigenvalue weighted by atomic mass is 19.4. The standard InChI is InChI=1S/C7H11F3O/c1-5(2)3-6(11)4-7(8,9)10/h3,6,11H,4H2,1-2H3. The Hall–Kier alpha value is -0.510. The third-order valence-electron chi connectivity index (χ3n) is 0.966. The van der Waals surface area contributed by atoms with E-state index in [1.807, 2.05) is 0 Å². The van der Waals surface area contributed by atoms with Gasteiger partial charge in [0.15, 0.2) is 0 Å². The highest BCUT2D eigenvalue weighted by Crippen LogP contribution is 2.22. The summed E-state index contributed by atoms with van der Waals surface area (Å²) in [5.41, 5.74) is 0.682. The molecule has 1 N–H and O–H groups in total. The number of rotatable bonds is 2. The fourth-order valence-corrected chi connectivity index (χ4v) is 0.681. The van der Waals surface area contributed by atoms with Crippen LogP contribution in [0.5, 0.6) is 0 Å². The molecule has 0 aliphatic heterocycles. The Morgan fingerprint density at radius 2 is 1.91 bits per heavy atom. The Labute approximate surface area is 63.5 Å². The van der Waals surface area contributed by atoms with E-state index >= 15 is 0 Å². The van der Waals surface area contributed by atoms with Crippen molar-refractivity contribution in [2.45, 2.75) is 32.5 Å². The molecule has 0 radical (unpaired) electrons. The average Bonchev–Trinajstić information content (AvgIpc) is 1.53. The highest BCUT2D eigenvalue weighted by Gasteiger charge is 2.29. The van der Waals surface area contributed by atoms with E-state index in [1.165, 1.54) is 6.08 Å². The second kappa shape index (κ2) is 3.76. The third kappa shape index (κ3) is 7.39. The monoisotopic (exact) mass is 168 g/mol. The predicted octanol–water partition coefficient (Wildman–Crippen LogP) is 2.27. The first-order valence-corrected chi connectivity index (χ1v) is 3.21. The van der Waals surface area contributed by atoms with Crippen LogP contribution < -0.4 is 0 Å². The smallest absolute Gasteiger partial charge is 0.389 e. The Kier molecular flexibility index (Phi) is 3.58. The van der Waals surface area contributed by atoms with Crippen LogP contribution in [-0.4, -0.2) is 17.4 Å². The lowest BCUT2D eigenvalue weighted by atomic mass is 10.2. The zero-order chi connectivity index (χ0) is 9.07. The molecule has 0 saturated heterocycles. The van der Waals surface area contributed by atoms with Gasteiger partial charge in [0, 0.05) is 0 Å². The van der Waals surface area contributed by atoms with E-state index in [1.54, 1.807) is 13.8 Å². The van der Waals surface area contributed by atoms with Crippen molar-refractivity contribution >= 4 is 0 Å². The van der Waals surface area contributed by atoms with Crippen molar-refractivity contribution in [3.8, 4) is 0 Å². The molecule has 0 heterocycles. The van der Waals surface area contributed by atoms with Gasteiger partial charge in [0.25, 0.3) is 0 Å². The summed E-state index contributed by atoms with van der Waals surface area (Å²) in [6.45, 7) is 3.28. The number of hydrogen-bond donors (Lipinski definition) is 1. The summed E-state index contributed by atoms with van der Waals surface area (Å²) < 4.78 is 34.7. The third-order valence-corrected chi connectivity index (χ3v) is 0.966. The molecule has 0 aliphatic carbocycles. The summed E-state index contributed by atoms with van der Waals surface area (Å²) >= 11 is 0. The minimum absolute atomic E-state index is 0.682. The van der Waals surface area contributed by atoms with Gasteiger partial charge in [0.2, 0.25) is 0 Å². The van der Waals surface area contributed by atoms with Crippen LogP contribution in [0, 0.1) is 0 Å². The molecule has 4 heteroatoms. The van der Waals surface area contributed by atoms with Gasteiger partial charge in [-0.3, -0.25) is 0 Å². The van der Waals surface area contributed by atoms with Gasteiger partial charge < -0.3 is 5.11 Å². The molecule has 66 valence electrons. The lowest BCUT2D eigenvalue weighted by molar-refractivity contribution is -0.148. The van der Waals surface area contributed by atoms with Crippen molar-refractivity contribution in [3.05, 3.63) is 11.6 Å². The van der Waals surface area contributed by atoms with Gasteiger partial charge in [0.1, 0.15) is 0 Å². The number of aliphatic hydroxyl groups excluding tert-OH is 1. The molecule has 0 saturated carbocycles. The summed E-state index contributed by atoms with van der Waals surface area (Å²) in [6.07, 6.45) is -5.67. The van der Waals surface area contributed by atoms with Crippen LogP contribution in [-0.2, 0) is 0 Å². The van der Waals surface area contributed by atoms with E-state index in [9.17, 15) is 13.2 Å². The first-order chi connectivity index (χ1) is 4.81. The van der Waals surface area contributed by atoms with E-state index in [2.05, 4.69) is 0 Å². The molecular formula is C7H11F3O. The summed E-state index contributed by atoms with van der Waals surface area (Å²) in [5.74, 6) is 0. The topological polar surface area (TPSA) is 20.2 Å². The minimum Gasteiger partial charge on any atom is -0.389 e. The Bertz CT molecular complexity index is 144. The van der Waals surface area contributed by atoms with Crippen LogP contribution in [0.1, 0.15) is 20.3 Å². The minimum atomic E-state index is -4.29. The van der Waals surface area contributed by atoms with Crippen molar-refractivity contribution in [2.24, 2.45) is 0 Å². The van der Waals surface area contributed by atoms with Crippen LogP contribution in [0.15, 0.2) is 11.6 Å². The average molecular weight is 168 g/mol. The molecule has 11 heavy (non-hydrogen) atoms. The molecule has 0 rings (SSSR count). The van der Waals surface area contributed by atoms with Crippen molar-refractivity contribution in [1.29, 1.82) is 0 Å². The van der Waals surface area contributed by atoms with Crippen LogP contribution >= 0.6 is 0 Å². The first-order valence-electron chi connectivity index (χ1n) is 3.21. The van der Waals surface area contributed by atoms with E-state index in [-0.39, 0.29) is 0 Å². The van der Waals surface area contributed by atoms with Crippen molar-refractivity contribution in [2.75, 3.05) is 0 Å². The second-order valence-corrected chi connectivity index (χ2v) is 2.63. The molecule has 0 aromatic heterocycles. The summed E-state index contributed by atoms with van der Waals surface area (Å²) in [4.78, 5) is 0. The van der Waals surface area contributed by atoms with Crippen LogP contribution in [0.25, 0.3) is 0 Å². The molecule has 0 amide bonds. The molecule has 0 spiro atoms. The molecule has 0 aromatic carbocycles. The van der Waals surface area contributed by atoms with E-state index in [0.29, 0.717) is 5.57 Å². The Morgan fingerprint density at radius 3 is 2.18 bits per heavy atom. The van der Waals surface area contributed by atoms with Crippen LogP contribution in [0.3, 0.4) is 0 Å². The number of allylic oxidation sites excluding steroid dienone is 1. The molecule has 1 nitrogen and oxygen atoms in total. The number of halogens is 3. The van der Waals surface area contributed by atoms with Crippen LogP contribution in [0.2, 0.25) is 0 Å². The normalized spacial score (nSPS) is 14.4.